The van der Waals surface area contributed by atoms with Crippen LogP contribution in [0, 0.1) is 12.7 Å². The zero-order valence-corrected chi connectivity index (χ0v) is 12.1. The van der Waals surface area contributed by atoms with Gasteiger partial charge in [-0.2, -0.15) is 5.10 Å². The summed E-state index contributed by atoms with van der Waals surface area (Å²) in [5.41, 5.74) is 5.32. The van der Waals surface area contributed by atoms with Crippen LogP contribution in [0.2, 0.25) is 0 Å². The fraction of sp³-hybridized carbons (Fsp3) is 0.176. The standard InChI is InChI=1S/C17H15FN2O2/c1-11-2-4-12(5-3-11)17(21)20-19-15-8-9-22-16-7-6-13(18)10-14(15)16/h2-7,10H,8-9H2,1H3,(H,20,21). The predicted molar refractivity (Wildman–Crippen MR) is 81.7 cm³/mol. The molecule has 0 spiro atoms. The van der Waals surface area contributed by atoms with E-state index in [1.165, 1.54) is 12.1 Å². The van der Waals surface area contributed by atoms with Crippen LogP contribution in [0.1, 0.15) is 27.9 Å². The molecule has 1 amide bonds. The summed E-state index contributed by atoms with van der Waals surface area (Å²) >= 11 is 0. The van der Waals surface area contributed by atoms with Gasteiger partial charge in [0.1, 0.15) is 11.6 Å². The highest BCUT2D eigenvalue weighted by Crippen LogP contribution is 2.25. The van der Waals surface area contributed by atoms with E-state index in [9.17, 15) is 9.18 Å². The fourth-order valence-electron chi connectivity index (χ4n) is 2.25. The van der Waals surface area contributed by atoms with E-state index in [4.69, 9.17) is 4.74 Å². The quantitative estimate of drug-likeness (QED) is 0.866. The van der Waals surface area contributed by atoms with Crippen molar-refractivity contribution in [3.05, 3.63) is 65.0 Å². The van der Waals surface area contributed by atoms with Crippen molar-refractivity contribution in [2.45, 2.75) is 13.3 Å². The van der Waals surface area contributed by atoms with Crippen molar-refractivity contribution in [3.63, 3.8) is 0 Å². The maximum atomic E-state index is 13.4. The third-order valence-corrected chi connectivity index (χ3v) is 3.46. The molecular weight excluding hydrogens is 283 g/mol. The molecule has 0 fully saturated rings. The molecule has 112 valence electrons. The van der Waals surface area contributed by atoms with E-state index in [2.05, 4.69) is 10.5 Å². The van der Waals surface area contributed by atoms with Gasteiger partial charge in [-0.3, -0.25) is 4.79 Å². The zero-order valence-electron chi connectivity index (χ0n) is 12.1. The van der Waals surface area contributed by atoms with Gasteiger partial charge in [0.25, 0.3) is 5.91 Å². The molecule has 0 aliphatic carbocycles. The van der Waals surface area contributed by atoms with Crippen LogP contribution in [0.25, 0.3) is 0 Å². The lowest BCUT2D eigenvalue weighted by atomic mass is 10.0. The van der Waals surface area contributed by atoms with Crippen molar-refractivity contribution in [3.8, 4) is 5.75 Å². The van der Waals surface area contributed by atoms with Gasteiger partial charge in [-0.15, -0.1) is 0 Å². The van der Waals surface area contributed by atoms with E-state index < -0.39 is 0 Å². The molecule has 22 heavy (non-hydrogen) atoms. The number of hydrazone groups is 1. The molecule has 1 N–H and O–H groups in total. The van der Waals surface area contributed by atoms with E-state index >= 15 is 0 Å². The highest BCUT2D eigenvalue weighted by molar-refractivity contribution is 6.04. The number of benzene rings is 2. The van der Waals surface area contributed by atoms with Gasteiger partial charge < -0.3 is 4.74 Å². The maximum Gasteiger partial charge on any atom is 0.271 e. The summed E-state index contributed by atoms with van der Waals surface area (Å²) < 4.78 is 18.8. The number of fused-ring (bicyclic) bond motifs is 1. The molecule has 1 aliphatic heterocycles. The maximum absolute atomic E-state index is 13.4. The molecule has 0 saturated heterocycles. The first-order chi connectivity index (χ1) is 10.6. The number of nitrogens with zero attached hydrogens (tertiary/aromatic N) is 1. The molecule has 5 heteroatoms. The minimum atomic E-state index is -0.359. The topological polar surface area (TPSA) is 50.7 Å². The smallest absolute Gasteiger partial charge is 0.271 e. The number of aryl methyl sites for hydroxylation is 1. The Hall–Kier alpha value is -2.69. The normalized spacial score (nSPS) is 15.1. The first kappa shape index (κ1) is 14.3. The summed E-state index contributed by atoms with van der Waals surface area (Å²) in [5.74, 6) is -0.0743. The van der Waals surface area contributed by atoms with Crippen molar-refractivity contribution in [2.24, 2.45) is 5.10 Å². The number of hydrogen-bond acceptors (Lipinski definition) is 3. The zero-order chi connectivity index (χ0) is 15.5. The molecule has 2 aromatic rings. The van der Waals surface area contributed by atoms with Gasteiger partial charge in [-0.05, 0) is 37.3 Å². The van der Waals surface area contributed by atoms with Crippen LogP contribution in [0.5, 0.6) is 5.75 Å². The number of hydrogen-bond donors (Lipinski definition) is 1. The van der Waals surface area contributed by atoms with Gasteiger partial charge in [-0.25, -0.2) is 9.82 Å². The van der Waals surface area contributed by atoms with Gasteiger partial charge in [0, 0.05) is 17.5 Å². The van der Waals surface area contributed by atoms with Crippen LogP contribution in [0.4, 0.5) is 4.39 Å². The third kappa shape index (κ3) is 2.98. The lowest BCUT2D eigenvalue weighted by Crippen LogP contribution is -2.23. The molecule has 0 bridgehead atoms. The number of nitrogens with one attached hydrogen (secondary N) is 1. The van der Waals surface area contributed by atoms with Crippen LogP contribution in [0.15, 0.2) is 47.6 Å². The number of carbonyl (C=O) groups excluding carboxylic acids is 1. The molecule has 0 unspecified atom stereocenters. The van der Waals surface area contributed by atoms with Crippen molar-refractivity contribution < 1.29 is 13.9 Å². The number of carbonyl (C=O) groups is 1. The number of ether oxygens (including phenoxy) is 1. The molecule has 0 radical (unpaired) electrons. The summed E-state index contributed by atoms with van der Waals surface area (Å²) in [6, 6.07) is 11.5. The molecule has 3 rings (SSSR count). The minimum Gasteiger partial charge on any atom is -0.492 e. The Morgan fingerprint density at radius 1 is 1.23 bits per heavy atom. The van der Waals surface area contributed by atoms with Gasteiger partial charge in [0.2, 0.25) is 0 Å². The highest BCUT2D eigenvalue weighted by Gasteiger charge is 2.18. The first-order valence-corrected chi connectivity index (χ1v) is 7.00. The number of halogens is 1. The van der Waals surface area contributed by atoms with Gasteiger partial charge in [0.05, 0.1) is 12.3 Å². The summed E-state index contributed by atoms with van der Waals surface area (Å²) in [6.07, 6.45) is 0.518. The van der Waals surface area contributed by atoms with Crippen molar-refractivity contribution >= 4 is 11.6 Å². The van der Waals surface area contributed by atoms with Gasteiger partial charge in [-0.1, -0.05) is 17.7 Å². The molecular formula is C17H15FN2O2. The monoisotopic (exact) mass is 298 g/mol. The average Bonchev–Trinajstić information content (AvgIpc) is 2.53. The van der Waals surface area contributed by atoms with Crippen LogP contribution < -0.4 is 10.2 Å². The number of amides is 1. The lowest BCUT2D eigenvalue weighted by Gasteiger charge is -2.18. The van der Waals surface area contributed by atoms with E-state index in [0.717, 1.165) is 5.56 Å². The molecule has 0 atom stereocenters. The first-order valence-electron chi connectivity index (χ1n) is 7.00. The molecule has 1 aliphatic rings. The van der Waals surface area contributed by atoms with Crippen LogP contribution >= 0.6 is 0 Å². The Morgan fingerprint density at radius 3 is 2.77 bits per heavy atom. The molecule has 4 nitrogen and oxygen atoms in total. The summed E-state index contributed by atoms with van der Waals surface area (Å²) in [7, 11) is 0. The van der Waals surface area contributed by atoms with Crippen LogP contribution in [0.3, 0.4) is 0 Å². The Bertz CT molecular complexity index is 739. The Labute approximate surface area is 127 Å². The molecule has 1 heterocycles. The summed E-state index contributed by atoms with van der Waals surface area (Å²) in [6.45, 7) is 2.41. The fourth-order valence-corrected chi connectivity index (χ4v) is 2.25. The molecule has 0 aromatic heterocycles. The van der Waals surface area contributed by atoms with Crippen molar-refractivity contribution in [2.75, 3.05) is 6.61 Å². The number of rotatable bonds is 2. The molecule has 2 aromatic carbocycles. The Balaban J connectivity index is 1.80. The third-order valence-electron chi connectivity index (χ3n) is 3.46. The SMILES string of the molecule is Cc1ccc(C(=O)NN=C2CCOc3ccc(F)cc32)cc1. The molecule has 0 saturated carbocycles. The Kier molecular flexibility index (Phi) is 3.87. The summed E-state index contributed by atoms with van der Waals surface area (Å²) in [4.78, 5) is 12.1. The largest absolute Gasteiger partial charge is 0.492 e. The minimum absolute atomic E-state index is 0.294. The van der Waals surface area contributed by atoms with E-state index in [1.807, 2.05) is 19.1 Å². The van der Waals surface area contributed by atoms with E-state index in [1.54, 1.807) is 18.2 Å². The van der Waals surface area contributed by atoms with Crippen molar-refractivity contribution in [1.82, 2.24) is 5.43 Å². The summed E-state index contributed by atoms with van der Waals surface area (Å²) in [5, 5.41) is 4.13. The second kappa shape index (κ2) is 5.97. The van der Waals surface area contributed by atoms with Crippen molar-refractivity contribution in [1.29, 1.82) is 0 Å². The van der Waals surface area contributed by atoms with E-state index in [-0.39, 0.29) is 11.7 Å². The highest BCUT2D eigenvalue weighted by atomic mass is 19.1. The van der Waals surface area contributed by atoms with Crippen LogP contribution in [-0.2, 0) is 0 Å². The average molecular weight is 298 g/mol. The second-order valence-electron chi connectivity index (χ2n) is 5.10. The lowest BCUT2D eigenvalue weighted by molar-refractivity contribution is 0.0954. The van der Waals surface area contributed by atoms with Crippen LogP contribution in [-0.4, -0.2) is 18.2 Å². The van der Waals surface area contributed by atoms with Gasteiger partial charge in [0.15, 0.2) is 0 Å². The van der Waals surface area contributed by atoms with E-state index in [0.29, 0.717) is 35.6 Å². The second-order valence-corrected chi connectivity index (χ2v) is 5.10. The Morgan fingerprint density at radius 2 is 2.00 bits per heavy atom. The predicted octanol–water partition coefficient (Wildman–Crippen LogP) is 3.05. The van der Waals surface area contributed by atoms with Gasteiger partial charge >= 0.3 is 0 Å².